The topological polar surface area (TPSA) is 50.8 Å². The minimum absolute atomic E-state index is 0.169. The van der Waals surface area contributed by atoms with Crippen LogP contribution in [0.1, 0.15) is 26.2 Å². The van der Waals surface area contributed by atoms with Crippen molar-refractivity contribution in [2.75, 3.05) is 25.2 Å². The van der Waals surface area contributed by atoms with Gasteiger partial charge in [0.25, 0.3) is 0 Å². The van der Waals surface area contributed by atoms with Gasteiger partial charge in [0.2, 0.25) is 12.7 Å². The first-order chi connectivity index (χ1) is 9.74. The van der Waals surface area contributed by atoms with Crippen LogP contribution in [0.15, 0.2) is 18.2 Å². The number of carbonyl (C=O) groups is 1. The van der Waals surface area contributed by atoms with Gasteiger partial charge in [-0.2, -0.15) is 0 Å². The van der Waals surface area contributed by atoms with Gasteiger partial charge in [0, 0.05) is 24.8 Å². The third-order valence-corrected chi connectivity index (χ3v) is 3.79. The van der Waals surface area contributed by atoms with Gasteiger partial charge < -0.3 is 19.7 Å². The quantitative estimate of drug-likeness (QED) is 0.919. The maximum atomic E-state index is 12.3. The number of anilines is 1. The van der Waals surface area contributed by atoms with Crippen LogP contribution in [0.4, 0.5) is 5.69 Å². The van der Waals surface area contributed by atoms with Gasteiger partial charge in [0.05, 0.1) is 0 Å². The molecule has 2 aliphatic heterocycles. The van der Waals surface area contributed by atoms with E-state index in [-0.39, 0.29) is 18.7 Å². The van der Waals surface area contributed by atoms with Gasteiger partial charge in [-0.15, -0.1) is 0 Å². The molecule has 1 saturated heterocycles. The Hall–Kier alpha value is -1.91. The van der Waals surface area contributed by atoms with Crippen molar-refractivity contribution in [2.24, 2.45) is 0 Å². The van der Waals surface area contributed by atoms with Crippen molar-refractivity contribution in [3.05, 3.63) is 18.2 Å². The molecular formula is C15H20N2O3. The molecule has 0 spiro atoms. The zero-order valence-corrected chi connectivity index (χ0v) is 11.7. The molecule has 0 saturated carbocycles. The Balaban J connectivity index is 1.63. The number of carbonyl (C=O) groups excluding carboxylic acids is 1. The predicted molar refractivity (Wildman–Crippen MR) is 76.1 cm³/mol. The summed E-state index contributed by atoms with van der Waals surface area (Å²) in [6, 6.07) is 5.42. The highest BCUT2D eigenvalue weighted by atomic mass is 16.7. The average Bonchev–Trinajstić information content (AvgIpc) is 2.95. The van der Waals surface area contributed by atoms with E-state index >= 15 is 0 Å². The zero-order chi connectivity index (χ0) is 13.9. The van der Waals surface area contributed by atoms with Crippen molar-refractivity contribution >= 4 is 11.6 Å². The molecular weight excluding hydrogens is 256 g/mol. The Kier molecular flexibility index (Phi) is 3.67. The molecule has 0 radical (unpaired) electrons. The predicted octanol–water partition coefficient (Wildman–Crippen LogP) is 2.23. The van der Waals surface area contributed by atoms with E-state index in [1.165, 1.54) is 6.42 Å². The van der Waals surface area contributed by atoms with Gasteiger partial charge in [-0.3, -0.25) is 4.79 Å². The molecule has 1 aromatic rings. The van der Waals surface area contributed by atoms with E-state index in [0.717, 1.165) is 43.1 Å². The monoisotopic (exact) mass is 276 g/mol. The molecule has 0 aromatic heterocycles. The second kappa shape index (κ2) is 5.61. The second-order valence-corrected chi connectivity index (χ2v) is 5.32. The number of nitrogens with zero attached hydrogens (tertiary/aromatic N) is 1. The molecule has 5 nitrogen and oxygen atoms in total. The zero-order valence-electron chi connectivity index (χ0n) is 11.7. The highest BCUT2D eigenvalue weighted by Gasteiger charge is 2.22. The molecule has 1 unspecified atom stereocenters. The van der Waals surface area contributed by atoms with Crippen molar-refractivity contribution < 1.29 is 14.3 Å². The fourth-order valence-corrected chi connectivity index (χ4v) is 2.69. The molecule has 1 amide bonds. The number of hydrogen-bond acceptors (Lipinski definition) is 4. The Labute approximate surface area is 118 Å². The fourth-order valence-electron chi connectivity index (χ4n) is 2.69. The van der Waals surface area contributed by atoms with Crippen molar-refractivity contribution in [1.82, 2.24) is 4.90 Å². The van der Waals surface area contributed by atoms with Gasteiger partial charge in [-0.1, -0.05) is 0 Å². The first kappa shape index (κ1) is 13.1. The third kappa shape index (κ3) is 2.66. The smallest absolute Gasteiger partial charge is 0.244 e. The van der Waals surface area contributed by atoms with E-state index in [2.05, 4.69) is 5.32 Å². The van der Waals surface area contributed by atoms with Crippen LogP contribution in [0.5, 0.6) is 11.5 Å². The fraction of sp³-hybridized carbons (Fsp3) is 0.533. The molecule has 20 heavy (non-hydrogen) atoms. The van der Waals surface area contributed by atoms with Crippen molar-refractivity contribution in [2.45, 2.75) is 32.2 Å². The van der Waals surface area contributed by atoms with E-state index in [1.807, 2.05) is 30.0 Å². The molecule has 1 fully saturated rings. The summed E-state index contributed by atoms with van der Waals surface area (Å²) >= 11 is 0. The molecule has 2 aliphatic rings. The molecule has 108 valence electrons. The summed E-state index contributed by atoms with van der Waals surface area (Å²) < 4.78 is 10.6. The lowest BCUT2D eigenvalue weighted by Gasteiger charge is -2.29. The first-order valence-electron chi connectivity index (χ1n) is 7.19. The Morgan fingerprint density at radius 2 is 1.95 bits per heavy atom. The van der Waals surface area contributed by atoms with E-state index in [1.54, 1.807) is 0 Å². The highest BCUT2D eigenvalue weighted by molar-refractivity contribution is 5.84. The third-order valence-electron chi connectivity index (χ3n) is 3.79. The van der Waals surface area contributed by atoms with E-state index in [4.69, 9.17) is 9.47 Å². The molecule has 1 aromatic carbocycles. The van der Waals surface area contributed by atoms with Gasteiger partial charge in [-0.25, -0.2) is 0 Å². The van der Waals surface area contributed by atoms with Gasteiger partial charge in [-0.05, 0) is 38.3 Å². The van der Waals surface area contributed by atoms with E-state index in [9.17, 15) is 4.79 Å². The van der Waals surface area contributed by atoms with Crippen LogP contribution in [-0.2, 0) is 4.79 Å². The minimum Gasteiger partial charge on any atom is -0.454 e. The number of nitrogens with one attached hydrogen (secondary N) is 1. The van der Waals surface area contributed by atoms with Crippen molar-refractivity contribution in [3.8, 4) is 11.5 Å². The number of piperidine rings is 1. The minimum atomic E-state index is -0.228. The van der Waals surface area contributed by atoms with Crippen LogP contribution in [-0.4, -0.2) is 36.7 Å². The molecule has 2 heterocycles. The number of hydrogen-bond donors (Lipinski definition) is 1. The molecule has 3 rings (SSSR count). The summed E-state index contributed by atoms with van der Waals surface area (Å²) in [4.78, 5) is 14.3. The lowest BCUT2D eigenvalue weighted by Crippen LogP contribution is -2.43. The number of rotatable bonds is 3. The molecule has 5 heteroatoms. The number of amides is 1. The Morgan fingerprint density at radius 3 is 2.75 bits per heavy atom. The average molecular weight is 276 g/mol. The van der Waals surface area contributed by atoms with Crippen LogP contribution in [0.3, 0.4) is 0 Å². The maximum absolute atomic E-state index is 12.3. The van der Waals surface area contributed by atoms with Gasteiger partial charge in [0.1, 0.15) is 6.04 Å². The molecule has 1 N–H and O–H groups in total. The standard InChI is InChI=1S/C15H20N2O3/c1-11(15(18)17-7-3-2-4-8-17)16-12-5-6-13-14(9-12)20-10-19-13/h5-6,9,11,16H,2-4,7-8,10H2,1H3. The summed E-state index contributed by atoms with van der Waals surface area (Å²) in [7, 11) is 0. The summed E-state index contributed by atoms with van der Waals surface area (Å²) in [5, 5.41) is 3.24. The van der Waals surface area contributed by atoms with E-state index in [0.29, 0.717) is 0 Å². The van der Waals surface area contributed by atoms with Crippen LogP contribution >= 0.6 is 0 Å². The van der Waals surface area contributed by atoms with Gasteiger partial charge >= 0.3 is 0 Å². The number of likely N-dealkylation sites (tertiary alicyclic amines) is 1. The van der Waals surface area contributed by atoms with Crippen molar-refractivity contribution in [3.63, 3.8) is 0 Å². The summed E-state index contributed by atoms with van der Waals surface area (Å²) in [6.45, 7) is 3.93. The summed E-state index contributed by atoms with van der Waals surface area (Å²) in [5.74, 6) is 1.65. The molecule has 1 atom stereocenters. The van der Waals surface area contributed by atoms with Gasteiger partial charge in [0.15, 0.2) is 11.5 Å². The maximum Gasteiger partial charge on any atom is 0.244 e. The summed E-state index contributed by atoms with van der Waals surface area (Å²) in [5.41, 5.74) is 0.882. The number of ether oxygens (including phenoxy) is 2. The number of fused-ring (bicyclic) bond motifs is 1. The van der Waals surface area contributed by atoms with Crippen LogP contribution in [0.2, 0.25) is 0 Å². The van der Waals surface area contributed by atoms with E-state index < -0.39 is 0 Å². The first-order valence-corrected chi connectivity index (χ1v) is 7.19. The largest absolute Gasteiger partial charge is 0.454 e. The second-order valence-electron chi connectivity index (χ2n) is 5.32. The summed E-state index contributed by atoms with van der Waals surface area (Å²) in [6.07, 6.45) is 3.46. The Morgan fingerprint density at radius 1 is 1.20 bits per heavy atom. The lowest BCUT2D eigenvalue weighted by atomic mass is 10.1. The SMILES string of the molecule is CC(Nc1ccc2c(c1)OCO2)C(=O)N1CCCCC1. The normalized spacial score (nSPS) is 18.8. The van der Waals surface area contributed by atoms with Crippen molar-refractivity contribution in [1.29, 1.82) is 0 Å². The highest BCUT2D eigenvalue weighted by Crippen LogP contribution is 2.34. The van der Waals surface area contributed by atoms with Crippen LogP contribution in [0.25, 0.3) is 0 Å². The lowest BCUT2D eigenvalue weighted by molar-refractivity contribution is -0.132. The Bertz CT molecular complexity index is 498. The number of benzene rings is 1. The molecule has 0 bridgehead atoms. The van der Waals surface area contributed by atoms with Crippen LogP contribution < -0.4 is 14.8 Å². The van der Waals surface area contributed by atoms with Crippen LogP contribution in [0, 0.1) is 0 Å². The molecule has 0 aliphatic carbocycles.